The number of hydrogen-bond donors (Lipinski definition) is 1. The van der Waals surface area contributed by atoms with Gasteiger partial charge in [0.15, 0.2) is 5.78 Å². The van der Waals surface area contributed by atoms with Crippen LogP contribution in [0.4, 0.5) is 0 Å². The summed E-state index contributed by atoms with van der Waals surface area (Å²) in [5.41, 5.74) is 0.516. The van der Waals surface area contributed by atoms with Crippen LogP contribution in [-0.4, -0.2) is 21.5 Å². The van der Waals surface area contributed by atoms with E-state index in [1.165, 1.54) is 0 Å². The number of carbonyl (C=O) groups excluding carboxylic acids is 1. The van der Waals surface area contributed by atoms with Crippen LogP contribution in [0.15, 0.2) is 24.3 Å². The average Bonchev–Trinajstić information content (AvgIpc) is 2.27. The molecule has 0 spiro atoms. The predicted octanol–water partition coefficient (Wildman–Crippen LogP) is 2.51. The van der Waals surface area contributed by atoms with Gasteiger partial charge in [0, 0.05) is 12.0 Å². The van der Waals surface area contributed by atoms with E-state index in [2.05, 4.69) is 22.6 Å². The number of ether oxygens (including phenoxy) is 1. The van der Waals surface area contributed by atoms with Crippen molar-refractivity contribution in [2.75, 3.05) is 4.61 Å². The highest BCUT2D eigenvalue weighted by molar-refractivity contribution is 14.1. The molecule has 0 saturated heterocycles. The third-order valence-corrected chi connectivity index (χ3v) is 2.27. The molecular weight excluding hydrogens is 323 g/mol. The first-order valence-corrected chi connectivity index (χ1v) is 6.20. The molecule has 0 unspecified atom stereocenters. The summed E-state index contributed by atoms with van der Waals surface area (Å²) >= 11 is 2.08. The van der Waals surface area contributed by atoms with Crippen LogP contribution in [0, 0.1) is 0 Å². The summed E-state index contributed by atoms with van der Waals surface area (Å²) in [5, 5.41) is 8.45. The zero-order chi connectivity index (χ0) is 12.0. The fourth-order valence-electron chi connectivity index (χ4n) is 1.16. The zero-order valence-electron chi connectivity index (χ0n) is 8.48. The highest BCUT2D eigenvalue weighted by atomic mass is 127. The number of alkyl halides is 1. The molecule has 86 valence electrons. The molecule has 0 radical (unpaired) electrons. The number of ketones is 1. The fourth-order valence-corrected chi connectivity index (χ4v) is 1.52. The lowest BCUT2D eigenvalue weighted by molar-refractivity contribution is -0.136. The van der Waals surface area contributed by atoms with Crippen molar-refractivity contribution in [3.63, 3.8) is 0 Å². The molecule has 0 atom stereocenters. The van der Waals surface area contributed by atoms with Crippen molar-refractivity contribution in [1.29, 1.82) is 0 Å². The van der Waals surface area contributed by atoms with Crippen molar-refractivity contribution < 1.29 is 19.4 Å². The van der Waals surface area contributed by atoms with Gasteiger partial charge in [0.2, 0.25) is 0 Å². The van der Waals surface area contributed by atoms with E-state index < -0.39 is 5.97 Å². The molecule has 4 nitrogen and oxygen atoms in total. The van der Waals surface area contributed by atoms with Gasteiger partial charge in [-0.2, -0.15) is 0 Å². The third-order valence-electron chi connectivity index (χ3n) is 1.96. The van der Waals surface area contributed by atoms with E-state index in [9.17, 15) is 9.59 Å². The number of carboxylic acids is 1. The molecule has 5 heteroatoms. The quantitative estimate of drug-likeness (QED) is 0.493. The Kier molecular flexibility index (Phi) is 5.24. The van der Waals surface area contributed by atoms with E-state index in [-0.39, 0.29) is 18.6 Å². The molecule has 16 heavy (non-hydrogen) atoms. The maximum Gasteiger partial charge on any atom is 0.303 e. The summed E-state index contributed by atoms with van der Waals surface area (Å²) in [6.07, 6.45) is -0.105. The van der Waals surface area contributed by atoms with E-state index in [1.54, 1.807) is 24.3 Å². The van der Waals surface area contributed by atoms with Gasteiger partial charge in [-0.15, -0.1) is 0 Å². The van der Waals surface area contributed by atoms with E-state index in [1.807, 2.05) is 0 Å². The fraction of sp³-hybridized carbons (Fsp3) is 0.273. The van der Waals surface area contributed by atoms with Gasteiger partial charge in [-0.1, -0.05) is 0 Å². The predicted molar refractivity (Wildman–Crippen MR) is 67.2 cm³/mol. The maximum absolute atomic E-state index is 11.5. The Balaban J connectivity index is 2.59. The molecule has 0 aromatic heterocycles. The number of carbonyl (C=O) groups is 2. The summed E-state index contributed by atoms with van der Waals surface area (Å²) in [4.78, 5) is 21.8. The Bertz CT molecular complexity index is 372. The average molecular weight is 334 g/mol. The first kappa shape index (κ1) is 13.0. The molecule has 0 fully saturated rings. The minimum absolute atomic E-state index is 0.0296. The molecule has 0 aliphatic heterocycles. The largest absolute Gasteiger partial charge is 0.483 e. The molecule has 1 rings (SSSR count). The molecule has 0 aliphatic rings. The Morgan fingerprint density at radius 3 is 2.31 bits per heavy atom. The van der Waals surface area contributed by atoms with Gasteiger partial charge in [0.25, 0.3) is 0 Å². The van der Waals surface area contributed by atoms with Crippen LogP contribution in [0.2, 0.25) is 0 Å². The summed E-state index contributed by atoms with van der Waals surface area (Å²) in [6.45, 7) is 0. The lowest BCUT2D eigenvalue weighted by Crippen LogP contribution is -2.03. The molecule has 1 aromatic rings. The molecule has 1 aromatic carbocycles. The van der Waals surface area contributed by atoms with Gasteiger partial charge in [-0.25, -0.2) is 0 Å². The van der Waals surface area contributed by atoms with Crippen LogP contribution in [0.1, 0.15) is 23.2 Å². The van der Waals surface area contributed by atoms with Crippen LogP contribution in [-0.2, 0) is 4.79 Å². The minimum atomic E-state index is -0.960. The Morgan fingerprint density at radius 1 is 1.19 bits per heavy atom. The number of hydrogen-bond acceptors (Lipinski definition) is 3. The van der Waals surface area contributed by atoms with Gasteiger partial charge in [-0.05, 0) is 46.9 Å². The monoisotopic (exact) mass is 334 g/mol. The number of Topliss-reactive ketones (excluding diaryl/α,β-unsaturated/α-hetero) is 1. The van der Waals surface area contributed by atoms with Gasteiger partial charge in [0.05, 0.1) is 6.42 Å². The van der Waals surface area contributed by atoms with Gasteiger partial charge in [-0.3, -0.25) is 9.59 Å². The molecule has 0 amide bonds. The lowest BCUT2D eigenvalue weighted by atomic mass is 10.1. The molecule has 0 heterocycles. The smallest absolute Gasteiger partial charge is 0.303 e. The number of aliphatic carboxylic acids is 1. The number of rotatable bonds is 6. The first-order chi connectivity index (χ1) is 7.63. The highest BCUT2D eigenvalue weighted by Gasteiger charge is 2.08. The van der Waals surface area contributed by atoms with Gasteiger partial charge >= 0.3 is 5.97 Å². The number of carboxylic acid groups (broad SMARTS) is 1. The van der Waals surface area contributed by atoms with Crippen LogP contribution in [0.25, 0.3) is 0 Å². The molecular formula is C11H11IO4. The highest BCUT2D eigenvalue weighted by Crippen LogP contribution is 2.14. The van der Waals surface area contributed by atoms with Crippen molar-refractivity contribution >= 4 is 34.3 Å². The van der Waals surface area contributed by atoms with E-state index in [4.69, 9.17) is 9.84 Å². The first-order valence-electron chi connectivity index (χ1n) is 4.67. The van der Waals surface area contributed by atoms with Crippen molar-refractivity contribution in [2.24, 2.45) is 0 Å². The van der Waals surface area contributed by atoms with Crippen molar-refractivity contribution in [1.82, 2.24) is 0 Å². The maximum atomic E-state index is 11.5. The van der Waals surface area contributed by atoms with Crippen molar-refractivity contribution in [3.8, 4) is 5.75 Å². The van der Waals surface area contributed by atoms with E-state index in [0.29, 0.717) is 15.9 Å². The topological polar surface area (TPSA) is 63.6 Å². The normalized spacial score (nSPS) is 9.81. The summed E-state index contributed by atoms with van der Waals surface area (Å²) in [5.74, 6) is -0.425. The van der Waals surface area contributed by atoms with E-state index in [0.717, 1.165) is 0 Å². The number of benzene rings is 1. The Morgan fingerprint density at radius 2 is 1.81 bits per heavy atom. The standard InChI is InChI=1S/C11H11IO4/c12-7-16-9-3-1-8(2-4-9)10(13)5-6-11(14)15/h1-4H,5-7H2,(H,14,15). The minimum Gasteiger partial charge on any atom is -0.483 e. The second kappa shape index (κ2) is 6.47. The second-order valence-electron chi connectivity index (χ2n) is 3.09. The molecule has 0 saturated carbocycles. The third kappa shape index (κ3) is 4.18. The van der Waals surface area contributed by atoms with Crippen molar-refractivity contribution in [2.45, 2.75) is 12.8 Å². The Hall–Kier alpha value is -1.11. The van der Waals surface area contributed by atoms with Crippen LogP contribution < -0.4 is 4.74 Å². The second-order valence-corrected chi connectivity index (χ2v) is 3.72. The SMILES string of the molecule is O=C(O)CCC(=O)c1ccc(OCI)cc1. The van der Waals surface area contributed by atoms with Crippen LogP contribution in [0.5, 0.6) is 5.75 Å². The summed E-state index contributed by atoms with van der Waals surface area (Å²) in [7, 11) is 0. The number of halogens is 1. The van der Waals surface area contributed by atoms with Crippen molar-refractivity contribution in [3.05, 3.63) is 29.8 Å². The Labute approximate surface area is 107 Å². The van der Waals surface area contributed by atoms with E-state index >= 15 is 0 Å². The van der Waals surface area contributed by atoms with Gasteiger partial charge in [0.1, 0.15) is 10.4 Å². The molecule has 0 aliphatic carbocycles. The van der Waals surface area contributed by atoms with Gasteiger partial charge < -0.3 is 9.84 Å². The summed E-state index contributed by atoms with van der Waals surface area (Å²) < 4.78 is 5.77. The zero-order valence-corrected chi connectivity index (χ0v) is 10.6. The molecule has 1 N–H and O–H groups in total. The lowest BCUT2D eigenvalue weighted by Gasteiger charge is -2.03. The molecule has 0 bridgehead atoms. The van der Waals surface area contributed by atoms with Crippen LogP contribution in [0.3, 0.4) is 0 Å². The summed E-state index contributed by atoms with van der Waals surface area (Å²) in [6, 6.07) is 6.69. The van der Waals surface area contributed by atoms with Crippen LogP contribution >= 0.6 is 22.6 Å².